The highest BCUT2D eigenvalue weighted by Gasteiger charge is 2.15. The van der Waals surface area contributed by atoms with Gasteiger partial charge >= 0.3 is 0 Å². The highest BCUT2D eigenvalue weighted by atomic mass is 32.2. The van der Waals surface area contributed by atoms with Crippen LogP contribution in [0.25, 0.3) is 0 Å². The van der Waals surface area contributed by atoms with Gasteiger partial charge in [-0.2, -0.15) is 0 Å². The molecule has 22 heavy (non-hydrogen) atoms. The van der Waals surface area contributed by atoms with E-state index in [2.05, 4.69) is 11.9 Å². The minimum atomic E-state index is -3.25. The molecule has 1 aromatic carbocycles. The fourth-order valence-electron chi connectivity index (χ4n) is 1.92. The monoisotopic (exact) mass is 338 g/mol. The number of hydrogen-bond acceptors (Lipinski definition) is 5. The zero-order valence-electron chi connectivity index (χ0n) is 12.7. The Balaban J connectivity index is 2.10. The molecule has 0 saturated heterocycles. The van der Waals surface area contributed by atoms with Gasteiger partial charge in [0.25, 0.3) is 5.91 Å². The van der Waals surface area contributed by atoms with Crippen LogP contribution in [0.4, 0.5) is 0 Å². The fraction of sp³-hybridized carbons (Fsp3) is 0.333. The maximum absolute atomic E-state index is 12.3. The van der Waals surface area contributed by atoms with Crippen LogP contribution in [0.2, 0.25) is 0 Å². The highest BCUT2D eigenvalue weighted by Crippen LogP contribution is 2.17. The number of hydrogen-bond donors (Lipinski definition) is 0. The summed E-state index contributed by atoms with van der Waals surface area (Å²) in [4.78, 5) is 19.6. The molecule has 0 aliphatic carbocycles. The summed E-state index contributed by atoms with van der Waals surface area (Å²) in [5.74, 6) is -0.159. The lowest BCUT2D eigenvalue weighted by atomic mass is 10.2. The largest absolute Gasteiger partial charge is 0.335 e. The third-order valence-corrected chi connectivity index (χ3v) is 5.45. The maximum Gasteiger partial charge on any atom is 0.253 e. The molecule has 0 spiro atoms. The lowest BCUT2D eigenvalue weighted by molar-refractivity contribution is 0.0785. The van der Waals surface area contributed by atoms with E-state index in [4.69, 9.17) is 0 Å². The number of benzene rings is 1. The molecule has 1 amide bonds. The van der Waals surface area contributed by atoms with Crippen LogP contribution in [0.5, 0.6) is 0 Å². The Labute approximate surface area is 134 Å². The summed E-state index contributed by atoms with van der Waals surface area (Å²) in [7, 11) is -1.54. The second kappa shape index (κ2) is 6.58. The van der Waals surface area contributed by atoms with Crippen LogP contribution in [0, 0.1) is 0 Å². The van der Waals surface area contributed by atoms with Crippen LogP contribution < -0.4 is 0 Å². The molecule has 0 aliphatic rings. The van der Waals surface area contributed by atoms with E-state index in [1.54, 1.807) is 23.3 Å². The number of aromatic nitrogens is 1. The van der Waals surface area contributed by atoms with Crippen molar-refractivity contribution >= 4 is 27.1 Å². The molecule has 0 saturated carbocycles. The Morgan fingerprint density at radius 2 is 1.91 bits per heavy atom. The van der Waals surface area contributed by atoms with E-state index in [0.717, 1.165) is 17.7 Å². The first-order valence-electron chi connectivity index (χ1n) is 6.80. The third kappa shape index (κ3) is 3.92. The van der Waals surface area contributed by atoms with E-state index in [-0.39, 0.29) is 10.8 Å². The average Bonchev–Trinajstić information content (AvgIpc) is 2.93. The molecule has 1 aromatic heterocycles. The van der Waals surface area contributed by atoms with E-state index in [9.17, 15) is 13.2 Å². The minimum Gasteiger partial charge on any atom is -0.335 e. The van der Waals surface area contributed by atoms with Crippen LogP contribution in [0.15, 0.2) is 35.4 Å². The van der Waals surface area contributed by atoms with Crippen molar-refractivity contribution in [2.75, 3.05) is 13.3 Å². The number of amides is 1. The van der Waals surface area contributed by atoms with Gasteiger partial charge in [0.1, 0.15) is 5.01 Å². The Morgan fingerprint density at radius 3 is 2.41 bits per heavy atom. The number of carbonyl (C=O) groups is 1. The third-order valence-electron chi connectivity index (χ3n) is 3.20. The smallest absolute Gasteiger partial charge is 0.253 e. The Bertz CT molecular complexity index is 764. The molecule has 0 aliphatic heterocycles. The van der Waals surface area contributed by atoms with Crippen molar-refractivity contribution in [2.45, 2.75) is 24.8 Å². The van der Waals surface area contributed by atoms with Crippen LogP contribution in [0.1, 0.15) is 27.2 Å². The van der Waals surface area contributed by atoms with Gasteiger partial charge in [0.15, 0.2) is 9.84 Å². The average molecular weight is 338 g/mol. The molecule has 0 radical (unpaired) electrons. The number of nitrogens with zero attached hydrogens (tertiary/aromatic N) is 2. The maximum atomic E-state index is 12.3. The molecule has 5 nitrogen and oxygen atoms in total. The number of carbonyl (C=O) groups excluding carboxylic acids is 1. The SMILES string of the molecule is CCc1cnc(CN(C)C(=O)c2ccc(S(C)(=O)=O)cc2)s1. The van der Waals surface area contributed by atoms with Gasteiger partial charge in [-0.15, -0.1) is 11.3 Å². The van der Waals surface area contributed by atoms with E-state index in [1.165, 1.54) is 29.1 Å². The topological polar surface area (TPSA) is 67.3 Å². The summed E-state index contributed by atoms with van der Waals surface area (Å²) in [5.41, 5.74) is 0.460. The Hall–Kier alpha value is -1.73. The van der Waals surface area contributed by atoms with Crippen LogP contribution >= 0.6 is 11.3 Å². The van der Waals surface area contributed by atoms with Gasteiger partial charge in [-0.05, 0) is 30.7 Å². The first-order valence-corrected chi connectivity index (χ1v) is 9.51. The molecule has 7 heteroatoms. The van der Waals surface area contributed by atoms with Crippen LogP contribution in [-0.2, 0) is 22.8 Å². The molecule has 0 fully saturated rings. The molecular formula is C15H18N2O3S2. The normalized spacial score (nSPS) is 11.4. The first kappa shape index (κ1) is 16.6. The van der Waals surface area contributed by atoms with Crippen molar-refractivity contribution in [1.29, 1.82) is 0 Å². The molecule has 2 aromatic rings. The van der Waals surface area contributed by atoms with Gasteiger partial charge in [-0.3, -0.25) is 4.79 Å². The second-order valence-corrected chi connectivity index (χ2v) is 8.25. The quantitative estimate of drug-likeness (QED) is 0.839. The lowest BCUT2D eigenvalue weighted by Gasteiger charge is -2.15. The standard InChI is InChI=1S/C15H18N2O3S2/c1-4-12-9-16-14(21-12)10-17(2)15(18)11-5-7-13(8-6-11)22(3,19)20/h5-9H,4,10H2,1-3H3. The van der Waals surface area contributed by atoms with Crippen molar-refractivity contribution < 1.29 is 13.2 Å². The molecule has 0 N–H and O–H groups in total. The zero-order valence-corrected chi connectivity index (χ0v) is 14.4. The summed E-state index contributed by atoms with van der Waals surface area (Å²) in [6.45, 7) is 2.51. The lowest BCUT2D eigenvalue weighted by Crippen LogP contribution is -2.26. The van der Waals surface area contributed by atoms with Gasteiger partial charge in [-0.25, -0.2) is 13.4 Å². The van der Waals surface area contributed by atoms with Crippen molar-refractivity contribution in [1.82, 2.24) is 9.88 Å². The molecule has 1 heterocycles. The molecule has 0 bridgehead atoms. The van der Waals surface area contributed by atoms with Crippen molar-refractivity contribution in [3.05, 3.63) is 45.9 Å². The number of rotatable bonds is 5. The van der Waals surface area contributed by atoms with Crippen molar-refractivity contribution in [2.24, 2.45) is 0 Å². The second-order valence-electron chi connectivity index (χ2n) is 5.03. The zero-order chi connectivity index (χ0) is 16.3. The molecular weight excluding hydrogens is 320 g/mol. The van der Waals surface area contributed by atoms with E-state index in [0.29, 0.717) is 12.1 Å². The van der Waals surface area contributed by atoms with Gasteiger partial charge in [0.2, 0.25) is 0 Å². The minimum absolute atomic E-state index is 0.159. The van der Waals surface area contributed by atoms with E-state index < -0.39 is 9.84 Å². The predicted octanol–water partition coefficient (Wildman–Crippen LogP) is 2.38. The highest BCUT2D eigenvalue weighted by molar-refractivity contribution is 7.90. The fourth-order valence-corrected chi connectivity index (χ4v) is 3.47. The number of sulfone groups is 1. The Morgan fingerprint density at radius 1 is 1.27 bits per heavy atom. The number of thiazole rings is 1. The predicted molar refractivity (Wildman–Crippen MR) is 86.8 cm³/mol. The Kier molecular flexibility index (Phi) is 4.97. The molecule has 0 atom stereocenters. The first-order chi connectivity index (χ1) is 10.3. The summed E-state index contributed by atoms with van der Waals surface area (Å²) in [6.07, 6.45) is 3.91. The molecule has 0 unspecified atom stereocenters. The van der Waals surface area contributed by atoms with Gasteiger partial charge in [0.05, 0.1) is 11.4 Å². The van der Waals surface area contributed by atoms with Crippen LogP contribution in [-0.4, -0.2) is 37.5 Å². The molecule has 2 rings (SSSR count). The van der Waals surface area contributed by atoms with Crippen LogP contribution in [0.3, 0.4) is 0 Å². The summed E-state index contributed by atoms with van der Waals surface area (Å²) >= 11 is 1.60. The van der Waals surface area contributed by atoms with Crippen molar-refractivity contribution in [3.63, 3.8) is 0 Å². The summed E-state index contributed by atoms with van der Waals surface area (Å²) in [5, 5.41) is 0.889. The van der Waals surface area contributed by atoms with E-state index in [1.807, 2.05) is 6.20 Å². The van der Waals surface area contributed by atoms with Gasteiger partial charge in [0, 0.05) is 29.9 Å². The van der Waals surface area contributed by atoms with Crippen molar-refractivity contribution in [3.8, 4) is 0 Å². The van der Waals surface area contributed by atoms with Gasteiger partial charge in [-0.1, -0.05) is 6.92 Å². The van der Waals surface area contributed by atoms with Gasteiger partial charge < -0.3 is 4.90 Å². The van der Waals surface area contributed by atoms with E-state index >= 15 is 0 Å². The molecule has 118 valence electrons. The summed E-state index contributed by atoms with van der Waals surface area (Å²) < 4.78 is 22.8. The summed E-state index contributed by atoms with van der Waals surface area (Å²) in [6, 6.07) is 5.98. The number of aryl methyl sites for hydroxylation is 1.